The Labute approximate surface area is 108 Å². The number of carbonyl (C=O) groups is 2. The number of rotatable bonds is 2. The van der Waals surface area contributed by atoms with Crippen molar-refractivity contribution in [2.75, 3.05) is 10.6 Å². The van der Waals surface area contributed by atoms with Crippen LogP contribution in [0.3, 0.4) is 0 Å². The number of hydrogen-bond donors (Lipinski definition) is 1. The number of carbonyl (C=O) groups excluding carboxylic acids is 2. The lowest BCUT2D eigenvalue weighted by atomic mass is 10.3. The molecule has 0 fully saturated rings. The van der Waals surface area contributed by atoms with Gasteiger partial charge in [-0.3, -0.25) is 9.59 Å². The third-order valence-corrected chi connectivity index (χ3v) is 2.72. The summed E-state index contributed by atoms with van der Waals surface area (Å²) in [7, 11) is 0. The van der Waals surface area contributed by atoms with Crippen LogP contribution in [0.25, 0.3) is 5.70 Å². The second-order valence-electron chi connectivity index (χ2n) is 3.87. The summed E-state index contributed by atoms with van der Waals surface area (Å²) in [6.45, 7) is 0. The van der Waals surface area contributed by atoms with Crippen LogP contribution in [0.4, 0.5) is 11.6 Å². The Morgan fingerprint density at radius 3 is 2.47 bits per heavy atom. The number of nitrogens with two attached hydrogens (primary N) is 1. The molecule has 0 atom stereocenters. The Hall–Kier alpha value is -2.96. The Morgan fingerprint density at radius 2 is 1.84 bits per heavy atom. The summed E-state index contributed by atoms with van der Waals surface area (Å²) < 4.78 is 1.14. The van der Waals surface area contributed by atoms with Gasteiger partial charge < -0.3 is 5.73 Å². The highest BCUT2D eigenvalue weighted by atomic mass is 16.2. The van der Waals surface area contributed by atoms with Gasteiger partial charge in [-0.05, 0) is 12.1 Å². The van der Waals surface area contributed by atoms with Gasteiger partial charge in [-0.15, -0.1) is 0 Å². The third kappa shape index (κ3) is 1.68. The molecule has 0 bridgehead atoms. The molecular formula is C12H9N5O2. The molecule has 0 aliphatic carbocycles. The predicted octanol–water partition coefficient (Wildman–Crippen LogP) is 0.275. The Bertz CT molecular complexity index is 689. The van der Waals surface area contributed by atoms with Crippen LogP contribution in [-0.4, -0.2) is 26.6 Å². The first-order chi connectivity index (χ1) is 9.18. The minimum atomic E-state index is -0.478. The smallest absolute Gasteiger partial charge is 0.284 e. The molecule has 1 aliphatic rings. The number of benzene rings is 1. The van der Waals surface area contributed by atoms with Gasteiger partial charge in [0.2, 0.25) is 5.95 Å². The van der Waals surface area contributed by atoms with Gasteiger partial charge in [0.15, 0.2) is 0 Å². The topological polar surface area (TPSA) is 94.1 Å². The van der Waals surface area contributed by atoms with Crippen molar-refractivity contribution in [3.8, 4) is 0 Å². The van der Waals surface area contributed by atoms with E-state index in [0.29, 0.717) is 5.69 Å². The quantitative estimate of drug-likeness (QED) is 0.777. The zero-order chi connectivity index (χ0) is 13.4. The van der Waals surface area contributed by atoms with E-state index in [4.69, 9.17) is 5.73 Å². The van der Waals surface area contributed by atoms with E-state index in [9.17, 15) is 9.59 Å². The number of nitrogen functional groups attached to an aromatic ring is 1. The molecule has 1 aliphatic heterocycles. The molecule has 7 heteroatoms. The number of aromatic nitrogens is 3. The van der Waals surface area contributed by atoms with Crippen LogP contribution in [-0.2, 0) is 9.59 Å². The van der Waals surface area contributed by atoms with Gasteiger partial charge >= 0.3 is 0 Å². The first kappa shape index (κ1) is 11.1. The SMILES string of the molecule is Nc1ncnn1C1=CC(=O)N(c2ccccc2)C1=O. The van der Waals surface area contributed by atoms with Crippen LogP contribution in [0.2, 0.25) is 0 Å². The number of anilines is 2. The number of nitrogens with zero attached hydrogens (tertiary/aromatic N) is 4. The number of amides is 2. The maximum absolute atomic E-state index is 12.3. The fourth-order valence-corrected chi connectivity index (χ4v) is 1.87. The molecule has 94 valence electrons. The highest BCUT2D eigenvalue weighted by Crippen LogP contribution is 2.24. The van der Waals surface area contributed by atoms with E-state index in [1.807, 2.05) is 0 Å². The van der Waals surface area contributed by atoms with Crippen LogP contribution >= 0.6 is 0 Å². The lowest BCUT2D eigenvalue weighted by Crippen LogP contribution is -2.31. The minimum absolute atomic E-state index is 0.0577. The van der Waals surface area contributed by atoms with E-state index in [1.54, 1.807) is 30.3 Å². The molecule has 0 spiro atoms. The molecular weight excluding hydrogens is 246 g/mol. The summed E-state index contributed by atoms with van der Waals surface area (Å²) in [5, 5.41) is 3.82. The van der Waals surface area contributed by atoms with E-state index >= 15 is 0 Å². The monoisotopic (exact) mass is 255 g/mol. The number of hydrogen-bond acceptors (Lipinski definition) is 5. The molecule has 1 aromatic carbocycles. The number of imide groups is 1. The zero-order valence-electron chi connectivity index (χ0n) is 9.72. The van der Waals surface area contributed by atoms with Gasteiger partial charge in [-0.25, -0.2) is 4.90 Å². The van der Waals surface area contributed by atoms with Gasteiger partial charge in [0.05, 0.1) is 5.69 Å². The van der Waals surface area contributed by atoms with E-state index in [0.717, 1.165) is 9.58 Å². The fourth-order valence-electron chi connectivity index (χ4n) is 1.87. The Kier molecular flexibility index (Phi) is 2.38. The van der Waals surface area contributed by atoms with Crippen molar-refractivity contribution in [3.63, 3.8) is 0 Å². The molecule has 2 N–H and O–H groups in total. The molecule has 2 heterocycles. The van der Waals surface area contributed by atoms with Crippen molar-refractivity contribution in [2.24, 2.45) is 0 Å². The Balaban J connectivity index is 2.01. The van der Waals surface area contributed by atoms with E-state index in [1.165, 1.54) is 12.4 Å². The third-order valence-electron chi connectivity index (χ3n) is 2.72. The van der Waals surface area contributed by atoms with E-state index < -0.39 is 11.8 Å². The second-order valence-corrected chi connectivity index (χ2v) is 3.87. The van der Waals surface area contributed by atoms with Crippen molar-refractivity contribution in [1.29, 1.82) is 0 Å². The molecule has 0 radical (unpaired) electrons. The van der Waals surface area contributed by atoms with Crippen LogP contribution in [0, 0.1) is 0 Å². The summed E-state index contributed by atoms with van der Waals surface area (Å²) in [5.41, 5.74) is 6.17. The standard InChI is InChI=1S/C12H9N5O2/c13-12-14-7-15-17(12)9-6-10(18)16(11(9)19)8-4-2-1-3-5-8/h1-7H,(H2,13,14,15). The van der Waals surface area contributed by atoms with Gasteiger partial charge in [-0.2, -0.15) is 14.8 Å². The second kappa shape index (κ2) is 4.05. The van der Waals surface area contributed by atoms with Crippen LogP contribution in [0.1, 0.15) is 0 Å². The van der Waals surface area contributed by atoms with Crippen molar-refractivity contribution < 1.29 is 9.59 Å². The highest BCUT2D eigenvalue weighted by molar-refractivity contribution is 6.40. The molecule has 2 aromatic rings. The van der Waals surface area contributed by atoms with Gasteiger partial charge in [-0.1, -0.05) is 18.2 Å². The summed E-state index contributed by atoms with van der Waals surface area (Å²) in [6.07, 6.45) is 2.42. The first-order valence-electron chi connectivity index (χ1n) is 5.49. The van der Waals surface area contributed by atoms with E-state index in [2.05, 4.69) is 10.1 Å². The minimum Gasteiger partial charge on any atom is -0.368 e. The molecule has 1 aromatic heterocycles. The number of para-hydroxylation sites is 1. The molecule has 19 heavy (non-hydrogen) atoms. The summed E-state index contributed by atoms with van der Waals surface area (Å²) in [6, 6.07) is 8.66. The molecule has 7 nitrogen and oxygen atoms in total. The highest BCUT2D eigenvalue weighted by Gasteiger charge is 2.34. The molecule has 2 amide bonds. The van der Waals surface area contributed by atoms with Crippen molar-refractivity contribution >= 4 is 29.1 Å². The molecule has 0 saturated carbocycles. The van der Waals surface area contributed by atoms with Gasteiger partial charge in [0, 0.05) is 6.08 Å². The molecule has 0 saturated heterocycles. The normalized spacial score (nSPS) is 14.9. The summed E-state index contributed by atoms with van der Waals surface area (Å²) >= 11 is 0. The summed E-state index contributed by atoms with van der Waals surface area (Å²) in [5.74, 6) is -0.850. The average molecular weight is 255 g/mol. The summed E-state index contributed by atoms with van der Waals surface area (Å²) in [4.78, 5) is 29.0. The lowest BCUT2D eigenvalue weighted by Gasteiger charge is -2.14. The zero-order valence-corrected chi connectivity index (χ0v) is 9.72. The Morgan fingerprint density at radius 1 is 1.11 bits per heavy atom. The van der Waals surface area contributed by atoms with E-state index in [-0.39, 0.29) is 11.6 Å². The average Bonchev–Trinajstić information content (AvgIpc) is 2.94. The maximum Gasteiger partial charge on any atom is 0.284 e. The van der Waals surface area contributed by atoms with Crippen LogP contribution in [0.15, 0.2) is 42.7 Å². The molecule has 0 unspecified atom stereocenters. The first-order valence-corrected chi connectivity index (χ1v) is 5.49. The largest absolute Gasteiger partial charge is 0.368 e. The maximum atomic E-state index is 12.3. The van der Waals surface area contributed by atoms with Crippen LogP contribution < -0.4 is 10.6 Å². The van der Waals surface area contributed by atoms with Gasteiger partial charge in [0.1, 0.15) is 12.0 Å². The van der Waals surface area contributed by atoms with Crippen molar-refractivity contribution in [3.05, 3.63) is 42.7 Å². The molecule has 3 rings (SSSR count). The van der Waals surface area contributed by atoms with Crippen molar-refractivity contribution in [1.82, 2.24) is 14.8 Å². The van der Waals surface area contributed by atoms with Gasteiger partial charge in [0.25, 0.3) is 11.8 Å². The lowest BCUT2D eigenvalue weighted by molar-refractivity contribution is -0.119. The van der Waals surface area contributed by atoms with Crippen LogP contribution in [0.5, 0.6) is 0 Å². The fraction of sp³-hybridized carbons (Fsp3) is 0. The van der Waals surface area contributed by atoms with Crippen molar-refractivity contribution in [2.45, 2.75) is 0 Å². The predicted molar refractivity (Wildman–Crippen MR) is 67.6 cm³/mol.